The summed E-state index contributed by atoms with van der Waals surface area (Å²) in [5.41, 5.74) is 2.39. The largest absolute Gasteiger partial charge is 0.355 e. The zero-order chi connectivity index (χ0) is 12.6. The van der Waals surface area contributed by atoms with E-state index < -0.39 is 0 Å². The van der Waals surface area contributed by atoms with E-state index in [0.717, 1.165) is 38.0 Å². The van der Waals surface area contributed by atoms with Gasteiger partial charge in [0.2, 0.25) is 5.91 Å². The zero-order valence-corrected chi connectivity index (χ0v) is 10.5. The predicted octanol–water partition coefficient (Wildman–Crippen LogP) is 1.05. The Kier molecular flexibility index (Phi) is 4.90. The first kappa shape index (κ1) is 12.8. The van der Waals surface area contributed by atoms with Gasteiger partial charge in [0.1, 0.15) is 0 Å². The van der Waals surface area contributed by atoms with Crippen molar-refractivity contribution in [2.75, 3.05) is 19.6 Å². The quantitative estimate of drug-likeness (QED) is 0.762. The smallest absolute Gasteiger partial charge is 0.224 e. The second-order valence-corrected chi connectivity index (χ2v) is 4.45. The van der Waals surface area contributed by atoms with Gasteiger partial charge >= 0.3 is 0 Å². The van der Waals surface area contributed by atoms with Crippen LogP contribution >= 0.6 is 0 Å². The molecule has 0 aromatic carbocycles. The predicted molar refractivity (Wildman–Crippen MR) is 71.1 cm³/mol. The molecule has 0 bridgehead atoms. The van der Waals surface area contributed by atoms with Gasteiger partial charge in [0.25, 0.3) is 0 Å². The van der Waals surface area contributed by atoms with Crippen molar-refractivity contribution in [2.45, 2.75) is 19.3 Å². The highest BCUT2D eigenvalue weighted by Gasteiger charge is 2.05. The molecule has 0 unspecified atom stereocenters. The van der Waals surface area contributed by atoms with Gasteiger partial charge in [-0.05, 0) is 31.0 Å². The van der Waals surface area contributed by atoms with Gasteiger partial charge in [-0.3, -0.25) is 9.78 Å². The molecule has 18 heavy (non-hydrogen) atoms. The Morgan fingerprint density at radius 3 is 3.17 bits per heavy atom. The molecule has 0 spiro atoms. The SMILES string of the molecule is O=C(Cc1cccnc1)NCCC1=CCNCC1. The van der Waals surface area contributed by atoms with E-state index in [2.05, 4.69) is 21.7 Å². The number of aromatic nitrogens is 1. The number of rotatable bonds is 5. The fraction of sp³-hybridized carbons (Fsp3) is 0.429. The van der Waals surface area contributed by atoms with Crippen molar-refractivity contribution in [1.29, 1.82) is 0 Å². The number of carbonyl (C=O) groups excluding carboxylic acids is 1. The lowest BCUT2D eigenvalue weighted by Gasteiger charge is -2.14. The topological polar surface area (TPSA) is 54.0 Å². The molecule has 2 N–H and O–H groups in total. The summed E-state index contributed by atoms with van der Waals surface area (Å²) in [6.45, 7) is 2.74. The highest BCUT2D eigenvalue weighted by molar-refractivity contribution is 5.78. The number of hydrogen-bond donors (Lipinski definition) is 2. The summed E-state index contributed by atoms with van der Waals surface area (Å²) in [6.07, 6.45) is 8.13. The molecule has 0 saturated carbocycles. The van der Waals surface area contributed by atoms with E-state index in [4.69, 9.17) is 0 Å². The van der Waals surface area contributed by atoms with Crippen molar-refractivity contribution < 1.29 is 4.79 Å². The minimum absolute atomic E-state index is 0.0672. The van der Waals surface area contributed by atoms with Crippen LogP contribution in [-0.4, -0.2) is 30.5 Å². The molecule has 1 aromatic heterocycles. The molecular formula is C14H19N3O. The fourth-order valence-corrected chi connectivity index (χ4v) is 2.01. The third-order valence-corrected chi connectivity index (χ3v) is 3.01. The molecule has 2 rings (SSSR count). The van der Waals surface area contributed by atoms with E-state index in [9.17, 15) is 4.79 Å². The van der Waals surface area contributed by atoms with E-state index >= 15 is 0 Å². The summed E-state index contributed by atoms with van der Waals surface area (Å²) in [5, 5.41) is 6.23. The number of pyridine rings is 1. The molecule has 4 nitrogen and oxygen atoms in total. The lowest BCUT2D eigenvalue weighted by Crippen LogP contribution is -2.27. The van der Waals surface area contributed by atoms with Gasteiger partial charge in [-0.2, -0.15) is 0 Å². The second kappa shape index (κ2) is 6.91. The molecule has 4 heteroatoms. The monoisotopic (exact) mass is 245 g/mol. The molecule has 2 heterocycles. The Morgan fingerprint density at radius 1 is 1.50 bits per heavy atom. The lowest BCUT2D eigenvalue weighted by molar-refractivity contribution is -0.120. The average molecular weight is 245 g/mol. The third kappa shape index (κ3) is 4.30. The van der Waals surface area contributed by atoms with Crippen molar-refractivity contribution in [3.05, 3.63) is 41.7 Å². The van der Waals surface area contributed by atoms with Crippen LogP contribution in [0.1, 0.15) is 18.4 Å². The van der Waals surface area contributed by atoms with Crippen LogP contribution < -0.4 is 10.6 Å². The maximum absolute atomic E-state index is 11.7. The van der Waals surface area contributed by atoms with Gasteiger partial charge in [0, 0.05) is 25.5 Å². The standard InChI is InChI=1S/C14H19N3O/c18-14(10-13-2-1-6-16-11-13)17-9-5-12-3-7-15-8-4-12/h1-3,6,11,15H,4-5,7-10H2,(H,17,18). The van der Waals surface area contributed by atoms with Crippen molar-refractivity contribution >= 4 is 5.91 Å². The van der Waals surface area contributed by atoms with Crippen LogP contribution in [0.2, 0.25) is 0 Å². The minimum atomic E-state index is 0.0672. The average Bonchev–Trinajstić information content (AvgIpc) is 2.41. The van der Waals surface area contributed by atoms with Gasteiger partial charge < -0.3 is 10.6 Å². The highest BCUT2D eigenvalue weighted by atomic mass is 16.1. The molecule has 1 aliphatic heterocycles. The Hall–Kier alpha value is -1.68. The molecule has 0 atom stereocenters. The van der Waals surface area contributed by atoms with Crippen LogP contribution in [0.5, 0.6) is 0 Å². The van der Waals surface area contributed by atoms with Crippen molar-refractivity contribution in [1.82, 2.24) is 15.6 Å². The summed E-state index contributed by atoms with van der Waals surface area (Å²) in [4.78, 5) is 15.7. The molecule has 0 radical (unpaired) electrons. The third-order valence-electron chi connectivity index (χ3n) is 3.01. The molecule has 1 aromatic rings. The number of amides is 1. The molecule has 1 aliphatic rings. The normalized spacial score (nSPS) is 15.0. The van der Waals surface area contributed by atoms with Crippen LogP contribution in [0.15, 0.2) is 36.2 Å². The molecule has 0 saturated heterocycles. The van der Waals surface area contributed by atoms with Crippen LogP contribution in [0.4, 0.5) is 0 Å². The minimum Gasteiger partial charge on any atom is -0.355 e. The van der Waals surface area contributed by atoms with E-state index in [1.807, 2.05) is 12.1 Å². The summed E-state index contributed by atoms with van der Waals surface area (Å²) in [6, 6.07) is 3.77. The van der Waals surface area contributed by atoms with Gasteiger partial charge in [0.15, 0.2) is 0 Å². The van der Waals surface area contributed by atoms with Crippen molar-refractivity contribution in [2.24, 2.45) is 0 Å². The van der Waals surface area contributed by atoms with E-state index in [1.165, 1.54) is 5.57 Å². The molecule has 0 aliphatic carbocycles. The van der Waals surface area contributed by atoms with Crippen molar-refractivity contribution in [3.8, 4) is 0 Å². The lowest BCUT2D eigenvalue weighted by atomic mass is 10.1. The van der Waals surface area contributed by atoms with Crippen LogP contribution in [0.25, 0.3) is 0 Å². The maximum atomic E-state index is 11.7. The maximum Gasteiger partial charge on any atom is 0.224 e. The molecule has 1 amide bonds. The van der Waals surface area contributed by atoms with Crippen LogP contribution in [0, 0.1) is 0 Å². The van der Waals surface area contributed by atoms with Crippen molar-refractivity contribution in [3.63, 3.8) is 0 Å². The summed E-state index contributed by atoms with van der Waals surface area (Å²) >= 11 is 0. The first-order chi connectivity index (χ1) is 8.84. The number of nitrogens with one attached hydrogen (secondary N) is 2. The van der Waals surface area contributed by atoms with Crippen LogP contribution in [0.3, 0.4) is 0 Å². The molecule has 96 valence electrons. The Labute approximate surface area is 108 Å². The second-order valence-electron chi connectivity index (χ2n) is 4.45. The Bertz CT molecular complexity index is 414. The first-order valence-corrected chi connectivity index (χ1v) is 6.39. The Balaban J connectivity index is 1.67. The highest BCUT2D eigenvalue weighted by Crippen LogP contribution is 2.07. The number of carbonyl (C=O) groups is 1. The van der Waals surface area contributed by atoms with Gasteiger partial charge in [-0.25, -0.2) is 0 Å². The number of nitrogens with zero attached hydrogens (tertiary/aromatic N) is 1. The molecule has 0 fully saturated rings. The molecular weight excluding hydrogens is 226 g/mol. The van der Waals surface area contributed by atoms with Crippen LogP contribution in [-0.2, 0) is 11.2 Å². The summed E-state index contributed by atoms with van der Waals surface area (Å²) in [7, 11) is 0. The van der Waals surface area contributed by atoms with Gasteiger partial charge in [-0.1, -0.05) is 17.7 Å². The fourth-order valence-electron chi connectivity index (χ4n) is 2.01. The summed E-state index contributed by atoms with van der Waals surface area (Å²) < 4.78 is 0. The van der Waals surface area contributed by atoms with E-state index in [0.29, 0.717) is 6.42 Å². The van der Waals surface area contributed by atoms with E-state index in [-0.39, 0.29) is 5.91 Å². The van der Waals surface area contributed by atoms with E-state index in [1.54, 1.807) is 12.4 Å². The summed E-state index contributed by atoms with van der Waals surface area (Å²) in [5.74, 6) is 0.0672. The first-order valence-electron chi connectivity index (χ1n) is 6.39. The van der Waals surface area contributed by atoms with Gasteiger partial charge in [0.05, 0.1) is 6.42 Å². The number of hydrogen-bond acceptors (Lipinski definition) is 3. The zero-order valence-electron chi connectivity index (χ0n) is 10.5. The van der Waals surface area contributed by atoms with Gasteiger partial charge in [-0.15, -0.1) is 0 Å². The Morgan fingerprint density at radius 2 is 2.44 bits per heavy atom.